The van der Waals surface area contributed by atoms with Gasteiger partial charge in [-0.3, -0.25) is 9.69 Å². The van der Waals surface area contributed by atoms with Crippen molar-refractivity contribution in [2.24, 2.45) is 11.8 Å². The molecule has 2 aliphatic rings. The lowest BCUT2D eigenvalue weighted by molar-refractivity contribution is -0.144. The number of likely N-dealkylation sites (tertiary alicyclic amines) is 1. The second-order valence-electron chi connectivity index (χ2n) is 9.64. The maximum Gasteiger partial charge on any atom is 0.326 e. The zero-order chi connectivity index (χ0) is 25.1. The van der Waals surface area contributed by atoms with Crippen molar-refractivity contribution in [3.05, 3.63) is 60.4 Å². The molecule has 0 radical (unpaired) electrons. The van der Waals surface area contributed by atoms with Crippen LogP contribution in [0.1, 0.15) is 39.0 Å². The van der Waals surface area contributed by atoms with Crippen molar-refractivity contribution in [3.63, 3.8) is 0 Å². The van der Waals surface area contributed by atoms with Crippen molar-refractivity contribution in [2.75, 3.05) is 23.4 Å². The predicted molar refractivity (Wildman–Crippen MR) is 132 cm³/mol. The van der Waals surface area contributed by atoms with Gasteiger partial charge in [-0.15, -0.1) is 0 Å². The van der Waals surface area contributed by atoms with Crippen LogP contribution in [-0.4, -0.2) is 53.6 Å². The Labute approximate surface area is 205 Å². The first kappa shape index (κ1) is 24.7. The molecule has 3 amide bonds. The molecule has 1 saturated heterocycles. The monoisotopic (exact) mass is 481 g/mol. The number of rotatable bonds is 7. The first-order valence-electron chi connectivity index (χ1n) is 12.2. The number of carbonyl (C=O) groups excluding carboxylic acids is 2. The summed E-state index contributed by atoms with van der Waals surface area (Å²) < 4.78 is 13.3. The Morgan fingerprint density at radius 3 is 2.29 bits per heavy atom. The number of para-hydroxylation sites is 1. The lowest BCUT2D eigenvalue weighted by Crippen LogP contribution is -2.54. The number of halogens is 1. The number of nitrogens with zero attached hydrogens (tertiary/aromatic N) is 3. The molecule has 4 rings (SSSR count). The number of anilines is 2. The smallest absolute Gasteiger partial charge is 0.326 e. The van der Waals surface area contributed by atoms with Gasteiger partial charge in [0.15, 0.2) is 0 Å². The standard InChI is InChI=1S/C27H32FN3O4/c1-18(20-8-9-20)31(23-6-4-3-5-7-23)25(32)17-19-14-15-30(24(16-19)26(33)34)27(35)29(2)22-12-10-21(28)11-13-22/h3-7,10-13,18-20,24H,8-9,14-17H2,1-2H3,(H,33,34). The number of hydrogen-bond donors (Lipinski definition) is 1. The van der Waals surface area contributed by atoms with Crippen LogP contribution in [0, 0.1) is 17.7 Å². The lowest BCUT2D eigenvalue weighted by atomic mass is 9.87. The fourth-order valence-electron chi connectivity index (χ4n) is 4.98. The van der Waals surface area contributed by atoms with Crippen LogP contribution in [0.4, 0.5) is 20.6 Å². The predicted octanol–water partition coefficient (Wildman–Crippen LogP) is 4.77. The molecule has 7 nitrogen and oxygen atoms in total. The number of carbonyl (C=O) groups is 3. The van der Waals surface area contributed by atoms with Gasteiger partial charge in [0.25, 0.3) is 0 Å². The zero-order valence-electron chi connectivity index (χ0n) is 20.1. The summed E-state index contributed by atoms with van der Waals surface area (Å²) in [4.78, 5) is 43.2. The molecule has 186 valence electrons. The van der Waals surface area contributed by atoms with Gasteiger partial charge in [-0.2, -0.15) is 0 Å². The van der Waals surface area contributed by atoms with E-state index in [2.05, 4.69) is 6.92 Å². The zero-order valence-corrected chi connectivity index (χ0v) is 20.1. The van der Waals surface area contributed by atoms with Gasteiger partial charge in [-0.05, 0) is 80.8 Å². The molecule has 8 heteroatoms. The highest BCUT2D eigenvalue weighted by Gasteiger charge is 2.40. The molecule has 3 atom stereocenters. The summed E-state index contributed by atoms with van der Waals surface area (Å²) in [7, 11) is 1.54. The highest BCUT2D eigenvalue weighted by molar-refractivity contribution is 5.95. The van der Waals surface area contributed by atoms with E-state index >= 15 is 0 Å². The van der Waals surface area contributed by atoms with Crippen molar-refractivity contribution < 1.29 is 23.9 Å². The van der Waals surface area contributed by atoms with E-state index in [4.69, 9.17) is 0 Å². The normalized spacial score (nSPS) is 20.7. The second kappa shape index (κ2) is 10.5. The molecule has 1 heterocycles. The molecule has 2 aromatic carbocycles. The van der Waals surface area contributed by atoms with Crippen molar-refractivity contribution in [1.82, 2.24) is 4.90 Å². The number of carboxylic acid groups (broad SMARTS) is 1. The summed E-state index contributed by atoms with van der Waals surface area (Å²) in [5, 5.41) is 9.90. The van der Waals surface area contributed by atoms with E-state index in [9.17, 15) is 23.9 Å². The highest BCUT2D eigenvalue weighted by Crippen LogP contribution is 2.38. The van der Waals surface area contributed by atoms with Crippen LogP contribution in [0.15, 0.2) is 54.6 Å². The SMILES string of the molecule is CC(C1CC1)N(C(=O)CC1CCN(C(=O)N(C)c2ccc(F)cc2)C(C(=O)O)C1)c1ccccc1. The summed E-state index contributed by atoms with van der Waals surface area (Å²) in [6.45, 7) is 2.32. The third kappa shape index (κ3) is 5.63. The van der Waals surface area contributed by atoms with Crippen LogP contribution >= 0.6 is 0 Å². The first-order valence-corrected chi connectivity index (χ1v) is 12.2. The maximum atomic E-state index is 13.5. The number of benzene rings is 2. The Morgan fingerprint density at radius 1 is 1.03 bits per heavy atom. The van der Waals surface area contributed by atoms with Gasteiger partial charge in [0, 0.05) is 37.4 Å². The number of piperidine rings is 1. The van der Waals surface area contributed by atoms with Crippen LogP contribution in [0.2, 0.25) is 0 Å². The van der Waals surface area contributed by atoms with Crippen molar-refractivity contribution in [3.8, 4) is 0 Å². The number of hydrogen-bond acceptors (Lipinski definition) is 3. The summed E-state index contributed by atoms with van der Waals surface area (Å²) in [5.41, 5.74) is 1.34. The summed E-state index contributed by atoms with van der Waals surface area (Å²) in [6, 6.07) is 13.7. The number of amides is 3. The second-order valence-corrected chi connectivity index (χ2v) is 9.64. The van der Waals surface area contributed by atoms with E-state index in [1.165, 1.54) is 34.1 Å². The van der Waals surface area contributed by atoms with E-state index in [1.807, 2.05) is 35.2 Å². The molecule has 1 N–H and O–H groups in total. The van der Waals surface area contributed by atoms with Gasteiger partial charge in [-0.1, -0.05) is 18.2 Å². The minimum absolute atomic E-state index is 0.00653. The molecule has 0 spiro atoms. The Bertz CT molecular complexity index is 1060. The number of aliphatic carboxylic acids is 1. The van der Waals surface area contributed by atoms with E-state index in [-0.39, 0.29) is 37.3 Å². The van der Waals surface area contributed by atoms with E-state index < -0.39 is 23.9 Å². The number of carboxylic acids is 1. The van der Waals surface area contributed by atoms with Crippen LogP contribution < -0.4 is 9.80 Å². The molecule has 1 aliphatic heterocycles. The van der Waals surface area contributed by atoms with Crippen LogP contribution in [0.25, 0.3) is 0 Å². The molecule has 2 aromatic rings. The third-order valence-corrected chi connectivity index (χ3v) is 7.22. The highest BCUT2D eigenvalue weighted by atomic mass is 19.1. The van der Waals surface area contributed by atoms with Gasteiger partial charge < -0.3 is 14.9 Å². The van der Waals surface area contributed by atoms with E-state index in [0.29, 0.717) is 18.0 Å². The van der Waals surface area contributed by atoms with Crippen molar-refractivity contribution in [2.45, 2.75) is 51.1 Å². The summed E-state index contributed by atoms with van der Waals surface area (Å²) in [5.74, 6) is -1.15. The first-order chi connectivity index (χ1) is 16.8. The summed E-state index contributed by atoms with van der Waals surface area (Å²) >= 11 is 0. The molecule has 0 bridgehead atoms. The third-order valence-electron chi connectivity index (χ3n) is 7.22. The minimum Gasteiger partial charge on any atom is -0.480 e. The van der Waals surface area contributed by atoms with Crippen LogP contribution in [0.3, 0.4) is 0 Å². The van der Waals surface area contributed by atoms with E-state index in [1.54, 1.807) is 7.05 Å². The quantitative estimate of drug-likeness (QED) is 0.618. The largest absolute Gasteiger partial charge is 0.480 e. The van der Waals surface area contributed by atoms with Gasteiger partial charge >= 0.3 is 12.0 Å². The van der Waals surface area contributed by atoms with Gasteiger partial charge in [-0.25, -0.2) is 14.0 Å². The maximum absolute atomic E-state index is 13.5. The molecular weight excluding hydrogens is 449 g/mol. The van der Waals surface area contributed by atoms with Gasteiger partial charge in [0.2, 0.25) is 5.91 Å². The van der Waals surface area contributed by atoms with Crippen LogP contribution in [0.5, 0.6) is 0 Å². The molecule has 35 heavy (non-hydrogen) atoms. The molecule has 1 saturated carbocycles. The topological polar surface area (TPSA) is 81.2 Å². The average molecular weight is 482 g/mol. The fourth-order valence-corrected chi connectivity index (χ4v) is 4.98. The Balaban J connectivity index is 1.45. The van der Waals surface area contributed by atoms with Gasteiger partial charge in [0.05, 0.1) is 0 Å². The van der Waals surface area contributed by atoms with Crippen molar-refractivity contribution in [1.29, 1.82) is 0 Å². The van der Waals surface area contributed by atoms with Crippen molar-refractivity contribution >= 4 is 29.3 Å². The Kier molecular flexibility index (Phi) is 7.38. The molecule has 2 fully saturated rings. The number of urea groups is 1. The molecule has 1 aliphatic carbocycles. The van der Waals surface area contributed by atoms with E-state index in [0.717, 1.165) is 18.5 Å². The van der Waals surface area contributed by atoms with Crippen LogP contribution in [-0.2, 0) is 9.59 Å². The summed E-state index contributed by atoms with van der Waals surface area (Å²) in [6.07, 6.45) is 3.22. The Morgan fingerprint density at radius 2 is 1.69 bits per heavy atom. The fraction of sp³-hybridized carbons (Fsp3) is 0.444. The minimum atomic E-state index is -1.09. The lowest BCUT2D eigenvalue weighted by Gasteiger charge is -2.39. The Hall–Kier alpha value is -3.42. The molecule has 3 unspecified atom stereocenters. The average Bonchev–Trinajstić information content (AvgIpc) is 3.70. The molecule has 0 aromatic heterocycles. The van der Waals surface area contributed by atoms with Gasteiger partial charge in [0.1, 0.15) is 11.9 Å². The molecular formula is C27H32FN3O4.